The second-order valence-corrected chi connectivity index (χ2v) is 7.51. The van der Waals surface area contributed by atoms with Crippen LogP contribution in [0.3, 0.4) is 0 Å². The third-order valence-corrected chi connectivity index (χ3v) is 5.64. The van der Waals surface area contributed by atoms with E-state index in [1.165, 1.54) is 10.1 Å². The van der Waals surface area contributed by atoms with Crippen molar-refractivity contribution in [3.63, 3.8) is 0 Å². The van der Waals surface area contributed by atoms with Gasteiger partial charge in [-0.25, -0.2) is 4.98 Å². The summed E-state index contributed by atoms with van der Waals surface area (Å²) in [6.45, 7) is 3.54. The number of fused-ring (bicyclic) bond motifs is 1. The minimum absolute atomic E-state index is 0.0521. The highest BCUT2D eigenvalue weighted by molar-refractivity contribution is 5.81. The number of hydrogen-bond acceptors (Lipinski definition) is 4. The lowest BCUT2D eigenvalue weighted by atomic mass is 9.99. The Morgan fingerprint density at radius 2 is 1.97 bits per heavy atom. The molecule has 1 aliphatic heterocycles. The first kappa shape index (κ1) is 19.9. The number of nitrogens with zero attached hydrogens (tertiary/aromatic N) is 3. The molecule has 0 saturated carbocycles. The molecule has 0 saturated heterocycles. The van der Waals surface area contributed by atoms with Crippen LogP contribution in [-0.4, -0.2) is 40.6 Å². The van der Waals surface area contributed by atoms with Crippen LogP contribution in [0, 0.1) is 6.92 Å². The monoisotopic (exact) mass is 403 g/mol. The van der Waals surface area contributed by atoms with Gasteiger partial charge >= 0.3 is 0 Å². The van der Waals surface area contributed by atoms with Gasteiger partial charge in [0.15, 0.2) is 0 Å². The normalized spacial score (nSPS) is 13.9. The molecule has 1 amide bonds. The first-order valence-electron chi connectivity index (χ1n) is 10.1. The third-order valence-electron chi connectivity index (χ3n) is 5.64. The molecule has 0 atom stereocenters. The predicted molar refractivity (Wildman–Crippen MR) is 118 cm³/mol. The summed E-state index contributed by atoms with van der Waals surface area (Å²) in [5, 5.41) is 0.593. The van der Waals surface area contributed by atoms with E-state index in [0.717, 1.165) is 28.8 Å². The van der Waals surface area contributed by atoms with Crippen molar-refractivity contribution in [1.82, 2.24) is 14.5 Å². The molecular weight excluding hydrogens is 378 g/mol. The predicted octanol–water partition coefficient (Wildman–Crippen LogP) is 3.42. The maximum absolute atomic E-state index is 12.7. The van der Waals surface area contributed by atoms with Crippen LogP contribution in [0.25, 0.3) is 16.5 Å². The number of aromatic nitrogens is 2. The van der Waals surface area contributed by atoms with Crippen LogP contribution in [-0.2, 0) is 11.3 Å². The minimum atomic E-state index is -0.100. The molecule has 0 aliphatic carbocycles. The summed E-state index contributed by atoms with van der Waals surface area (Å²) >= 11 is 0. The van der Waals surface area contributed by atoms with E-state index in [2.05, 4.69) is 11.1 Å². The second-order valence-electron chi connectivity index (χ2n) is 7.51. The van der Waals surface area contributed by atoms with Gasteiger partial charge in [-0.3, -0.25) is 14.2 Å². The highest BCUT2D eigenvalue weighted by Gasteiger charge is 2.18. The Labute approximate surface area is 175 Å². The van der Waals surface area contributed by atoms with E-state index in [4.69, 9.17) is 4.74 Å². The van der Waals surface area contributed by atoms with Crippen molar-refractivity contribution in [3.05, 3.63) is 76.3 Å². The second kappa shape index (κ2) is 8.53. The highest BCUT2D eigenvalue weighted by Crippen LogP contribution is 2.24. The Bertz CT molecular complexity index is 1160. The Kier molecular flexibility index (Phi) is 5.65. The van der Waals surface area contributed by atoms with Gasteiger partial charge in [0.2, 0.25) is 5.91 Å². The number of benzene rings is 2. The highest BCUT2D eigenvalue weighted by atomic mass is 16.5. The maximum atomic E-state index is 12.7. The zero-order valence-electron chi connectivity index (χ0n) is 17.3. The van der Waals surface area contributed by atoms with E-state index in [1.54, 1.807) is 19.5 Å². The van der Waals surface area contributed by atoms with Gasteiger partial charge < -0.3 is 9.64 Å². The Hall–Kier alpha value is -3.41. The van der Waals surface area contributed by atoms with Gasteiger partial charge in [0.1, 0.15) is 5.75 Å². The smallest absolute Gasteiger partial charge is 0.261 e. The van der Waals surface area contributed by atoms with Crippen molar-refractivity contribution in [3.8, 4) is 5.75 Å². The van der Waals surface area contributed by atoms with Crippen molar-refractivity contribution >= 4 is 22.4 Å². The van der Waals surface area contributed by atoms with Crippen molar-refractivity contribution < 1.29 is 9.53 Å². The number of amides is 1. The molecule has 6 nitrogen and oxygen atoms in total. The molecule has 2 aromatic carbocycles. The van der Waals surface area contributed by atoms with Crippen LogP contribution in [0.1, 0.15) is 24.0 Å². The van der Waals surface area contributed by atoms with Gasteiger partial charge in [0.25, 0.3) is 5.56 Å². The average Bonchev–Trinajstić information content (AvgIpc) is 2.79. The molecule has 30 heavy (non-hydrogen) atoms. The standard InChI is InChI=1S/C24H25N3O3/c1-17-4-3-5-21-23(17)25-16-27(24(21)29)15-12-22(28)26-13-10-19(11-14-26)18-6-8-20(30-2)9-7-18/h3-10,16H,11-15H2,1-2H3. The number of ether oxygens (including phenoxy) is 1. The third kappa shape index (κ3) is 3.99. The summed E-state index contributed by atoms with van der Waals surface area (Å²) in [6.07, 6.45) is 4.75. The lowest BCUT2D eigenvalue weighted by Gasteiger charge is -2.27. The number of hydrogen-bond donors (Lipinski definition) is 0. The fourth-order valence-electron chi connectivity index (χ4n) is 3.83. The molecule has 4 rings (SSSR count). The topological polar surface area (TPSA) is 64.4 Å². The maximum Gasteiger partial charge on any atom is 0.261 e. The molecule has 0 bridgehead atoms. The SMILES string of the molecule is COc1ccc(C2=CCN(C(=O)CCn3cnc4c(C)cccc4c3=O)CC2)cc1. The van der Waals surface area contributed by atoms with Gasteiger partial charge in [0.05, 0.1) is 24.3 Å². The summed E-state index contributed by atoms with van der Waals surface area (Å²) in [7, 11) is 1.65. The van der Waals surface area contributed by atoms with E-state index in [9.17, 15) is 9.59 Å². The van der Waals surface area contributed by atoms with Crippen LogP contribution in [0.2, 0.25) is 0 Å². The van der Waals surface area contributed by atoms with Gasteiger partial charge in [-0.2, -0.15) is 0 Å². The number of aryl methyl sites for hydroxylation is 2. The molecule has 6 heteroatoms. The van der Waals surface area contributed by atoms with Gasteiger partial charge in [-0.15, -0.1) is 0 Å². The van der Waals surface area contributed by atoms with E-state index in [1.807, 2.05) is 48.2 Å². The summed E-state index contributed by atoms with van der Waals surface area (Å²) < 4.78 is 6.74. The fourth-order valence-corrected chi connectivity index (χ4v) is 3.83. The molecule has 3 aromatic rings. The molecule has 2 heterocycles. The Balaban J connectivity index is 1.39. The first-order chi connectivity index (χ1) is 14.6. The summed E-state index contributed by atoms with van der Waals surface area (Å²) in [5.74, 6) is 0.886. The lowest BCUT2D eigenvalue weighted by molar-refractivity contribution is -0.131. The molecule has 1 aromatic heterocycles. The zero-order chi connectivity index (χ0) is 21.1. The van der Waals surface area contributed by atoms with Crippen LogP contribution in [0.5, 0.6) is 5.75 Å². The molecule has 0 radical (unpaired) electrons. The van der Waals surface area contributed by atoms with E-state index >= 15 is 0 Å². The van der Waals surface area contributed by atoms with Crippen molar-refractivity contribution in [1.29, 1.82) is 0 Å². The summed E-state index contributed by atoms with van der Waals surface area (Å²) in [5.41, 5.74) is 3.99. The van der Waals surface area contributed by atoms with Crippen LogP contribution in [0.4, 0.5) is 0 Å². The van der Waals surface area contributed by atoms with E-state index in [-0.39, 0.29) is 17.9 Å². The molecular formula is C24H25N3O3. The molecule has 0 N–H and O–H groups in total. The number of carbonyl (C=O) groups excluding carboxylic acids is 1. The fraction of sp³-hybridized carbons (Fsp3) is 0.292. The Morgan fingerprint density at radius 1 is 1.17 bits per heavy atom. The molecule has 154 valence electrons. The van der Waals surface area contributed by atoms with Crippen LogP contribution in [0.15, 0.2) is 59.7 Å². The number of methoxy groups -OCH3 is 1. The summed E-state index contributed by atoms with van der Waals surface area (Å²) in [6, 6.07) is 13.6. The molecule has 1 aliphatic rings. The molecule has 0 unspecified atom stereocenters. The van der Waals surface area contributed by atoms with E-state index < -0.39 is 0 Å². The summed E-state index contributed by atoms with van der Waals surface area (Å²) in [4.78, 5) is 31.6. The average molecular weight is 403 g/mol. The number of rotatable bonds is 5. The molecule has 0 spiro atoms. The zero-order valence-corrected chi connectivity index (χ0v) is 17.3. The van der Waals surface area contributed by atoms with Crippen molar-refractivity contribution in [2.75, 3.05) is 20.2 Å². The molecule has 0 fully saturated rings. The minimum Gasteiger partial charge on any atom is -0.497 e. The van der Waals surface area contributed by atoms with Crippen molar-refractivity contribution in [2.45, 2.75) is 26.3 Å². The van der Waals surface area contributed by atoms with Crippen LogP contribution < -0.4 is 10.3 Å². The largest absolute Gasteiger partial charge is 0.497 e. The number of carbonyl (C=O) groups is 1. The van der Waals surface area contributed by atoms with Crippen molar-refractivity contribution in [2.24, 2.45) is 0 Å². The lowest BCUT2D eigenvalue weighted by Crippen LogP contribution is -2.35. The Morgan fingerprint density at radius 3 is 2.67 bits per heavy atom. The van der Waals surface area contributed by atoms with Gasteiger partial charge in [0, 0.05) is 26.1 Å². The first-order valence-corrected chi connectivity index (χ1v) is 10.1. The van der Waals surface area contributed by atoms with Crippen LogP contribution >= 0.6 is 0 Å². The number of para-hydroxylation sites is 1. The van der Waals surface area contributed by atoms with Gasteiger partial charge in [-0.05, 0) is 48.2 Å². The quantitative estimate of drug-likeness (QED) is 0.655. The van der Waals surface area contributed by atoms with E-state index in [0.29, 0.717) is 25.0 Å². The van der Waals surface area contributed by atoms with Gasteiger partial charge in [-0.1, -0.05) is 30.3 Å².